The monoisotopic (exact) mass is 371 g/mol. The van der Waals surface area contributed by atoms with E-state index >= 15 is 0 Å². The summed E-state index contributed by atoms with van der Waals surface area (Å²) in [5, 5.41) is 2.23. The van der Waals surface area contributed by atoms with Gasteiger partial charge < -0.3 is 9.32 Å². The fourth-order valence-corrected chi connectivity index (χ4v) is 5.17. The Morgan fingerprint density at radius 3 is 2.46 bits per heavy atom. The van der Waals surface area contributed by atoms with E-state index in [9.17, 15) is 8.42 Å². The Morgan fingerprint density at radius 2 is 1.77 bits per heavy atom. The molecule has 6 nitrogen and oxygen atoms in total. The summed E-state index contributed by atoms with van der Waals surface area (Å²) in [6.45, 7) is 5.59. The Kier molecular flexibility index (Phi) is 4.20. The molecule has 0 saturated carbocycles. The third-order valence-electron chi connectivity index (χ3n) is 4.84. The van der Waals surface area contributed by atoms with E-state index in [0.29, 0.717) is 37.7 Å². The van der Waals surface area contributed by atoms with Gasteiger partial charge in [-0.25, -0.2) is 8.42 Å². The number of sulfonamides is 1. The molecule has 4 rings (SSSR count). The zero-order valence-electron chi connectivity index (χ0n) is 14.8. The van der Waals surface area contributed by atoms with Crippen LogP contribution in [0.5, 0.6) is 0 Å². The Bertz CT molecular complexity index is 1050. The van der Waals surface area contributed by atoms with Crippen LogP contribution in [0.1, 0.15) is 11.5 Å². The number of hydrogen-bond donors (Lipinski definition) is 0. The van der Waals surface area contributed by atoms with Crippen LogP contribution in [0.3, 0.4) is 0 Å². The van der Waals surface area contributed by atoms with Gasteiger partial charge in [0.25, 0.3) is 0 Å². The van der Waals surface area contributed by atoms with E-state index in [4.69, 9.17) is 4.42 Å². The molecule has 0 aliphatic carbocycles. The molecule has 1 fully saturated rings. The topological polar surface area (TPSA) is 66.7 Å². The lowest BCUT2D eigenvalue weighted by Gasteiger charge is -2.35. The average molecular weight is 371 g/mol. The van der Waals surface area contributed by atoms with Crippen LogP contribution in [0.25, 0.3) is 10.8 Å². The van der Waals surface area contributed by atoms with Crippen LogP contribution < -0.4 is 4.90 Å². The molecule has 0 spiro atoms. The lowest BCUT2D eigenvalue weighted by molar-refractivity contribution is 0.383. The highest BCUT2D eigenvalue weighted by atomic mass is 32.2. The second-order valence-electron chi connectivity index (χ2n) is 6.55. The van der Waals surface area contributed by atoms with E-state index in [2.05, 4.69) is 16.0 Å². The number of furan rings is 1. The third-order valence-corrected chi connectivity index (χ3v) is 6.85. The Labute approximate surface area is 153 Å². The first-order valence-electron chi connectivity index (χ1n) is 8.62. The number of piperazine rings is 1. The highest BCUT2D eigenvalue weighted by molar-refractivity contribution is 7.89. The van der Waals surface area contributed by atoms with Gasteiger partial charge >= 0.3 is 0 Å². The number of rotatable bonds is 3. The first kappa shape index (κ1) is 17.1. The van der Waals surface area contributed by atoms with Crippen molar-refractivity contribution in [2.75, 3.05) is 31.1 Å². The Balaban J connectivity index is 1.56. The maximum atomic E-state index is 12.9. The zero-order chi connectivity index (χ0) is 18.3. The van der Waals surface area contributed by atoms with Crippen LogP contribution >= 0.6 is 0 Å². The standard InChI is InChI=1S/C19H21N3O3S/c1-14-11-19(15(2)25-14)26(23,24)22-9-7-21(8-10-22)18-13-20-12-16-5-3-4-6-17(16)18/h3-6,11-13H,7-10H2,1-2H3. The van der Waals surface area contributed by atoms with Gasteiger partial charge in [0.2, 0.25) is 10.0 Å². The van der Waals surface area contributed by atoms with Gasteiger partial charge in [0.05, 0.1) is 11.9 Å². The molecule has 0 amide bonds. The molecule has 0 N–H and O–H groups in total. The van der Waals surface area contributed by atoms with E-state index < -0.39 is 10.0 Å². The smallest absolute Gasteiger partial charge is 0.246 e. The molecular formula is C19H21N3O3S. The summed E-state index contributed by atoms with van der Waals surface area (Å²) in [4.78, 5) is 6.81. The largest absolute Gasteiger partial charge is 0.465 e. The molecule has 0 atom stereocenters. The second kappa shape index (κ2) is 6.41. The van der Waals surface area contributed by atoms with Crippen LogP contribution in [-0.4, -0.2) is 43.9 Å². The molecule has 0 bridgehead atoms. The lowest BCUT2D eigenvalue weighted by atomic mass is 10.1. The first-order valence-corrected chi connectivity index (χ1v) is 10.1. The fourth-order valence-electron chi connectivity index (χ4n) is 3.52. The maximum Gasteiger partial charge on any atom is 0.246 e. The molecule has 2 aromatic heterocycles. The predicted octanol–water partition coefficient (Wildman–Crippen LogP) is 2.96. The number of fused-ring (bicyclic) bond motifs is 1. The van der Waals surface area contributed by atoms with Crippen molar-refractivity contribution in [2.24, 2.45) is 0 Å². The van der Waals surface area contributed by atoms with E-state index in [-0.39, 0.29) is 4.90 Å². The second-order valence-corrected chi connectivity index (χ2v) is 8.45. The van der Waals surface area contributed by atoms with Crippen molar-refractivity contribution in [3.05, 3.63) is 54.2 Å². The first-order chi connectivity index (χ1) is 12.5. The van der Waals surface area contributed by atoms with Gasteiger partial charge in [0.1, 0.15) is 16.4 Å². The molecule has 1 aromatic carbocycles. The van der Waals surface area contributed by atoms with E-state index in [1.54, 1.807) is 24.2 Å². The average Bonchev–Trinajstić information content (AvgIpc) is 3.00. The number of hydrogen-bond acceptors (Lipinski definition) is 5. The van der Waals surface area contributed by atoms with E-state index in [1.807, 2.05) is 30.6 Å². The van der Waals surface area contributed by atoms with Crippen molar-refractivity contribution in [1.82, 2.24) is 9.29 Å². The molecule has 1 saturated heterocycles. The molecule has 3 aromatic rings. The number of benzene rings is 1. The van der Waals surface area contributed by atoms with Gasteiger partial charge in [0.15, 0.2) is 0 Å². The van der Waals surface area contributed by atoms with Crippen molar-refractivity contribution in [3.63, 3.8) is 0 Å². The number of aryl methyl sites for hydroxylation is 2. The van der Waals surface area contributed by atoms with Crippen LogP contribution in [0.15, 0.2) is 52.0 Å². The van der Waals surface area contributed by atoms with Gasteiger partial charge in [0, 0.05) is 43.1 Å². The van der Waals surface area contributed by atoms with Crippen molar-refractivity contribution < 1.29 is 12.8 Å². The van der Waals surface area contributed by atoms with Gasteiger partial charge in [-0.2, -0.15) is 4.31 Å². The van der Waals surface area contributed by atoms with Crippen molar-refractivity contribution in [1.29, 1.82) is 0 Å². The quantitative estimate of drug-likeness (QED) is 0.708. The third kappa shape index (κ3) is 2.87. The van der Waals surface area contributed by atoms with E-state index in [1.165, 1.54) is 0 Å². The minimum atomic E-state index is -3.52. The fraction of sp³-hybridized carbons (Fsp3) is 0.316. The molecule has 0 unspecified atom stereocenters. The lowest BCUT2D eigenvalue weighted by Crippen LogP contribution is -2.48. The SMILES string of the molecule is Cc1cc(S(=O)(=O)N2CCN(c3cncc4ccccc34)CC2)c(C)o1. The van der Waals surface area contributed by atoms with Crippen LogP contribution in [0.2, 0.25) is 0 Å². The summed E-state index contributed by atoms with van der Waals surface area (Å²) in [6.07, 6.45) is 3.71. The van der Waals surface area contributed by atoms with Crippen molar-refractivity contribution >= 4 is 26.5 Å². The summed E-state index contributed by atoms with van der Waals surface area (Å²) in [5.41, 5.74) is 1.05. The van der Waals surface area contributed by atoms with Crippen LogP contribution in [0, 0.1) is 13.8 Å². The molecule has 0 radical (unpaired) electrons. The minimum Gasteiger partial charge on any atom is -0.465 e. The predicted molar refractivity (Wildman–Crippen MR) is 101 cm³/mol. The van der Waals surface area contributed by atoms with Gasteiger partial charge in [-0.3, -0.25) is 4.98 Å². The summed E-state index contributed by atoms with van der Waals surface area (Å²) in [6, 6.07) is 9.72. The number of anilines is 1. The highest BCUT2D eigenvalue weighted by Gasteiger charge is 2.31. The normalized spacial score (nSPS) is 16.3. The maximum absolute atomic E-state index is 12.9. The van der Waals surface area contributed by atoms with Gasteiger partial charge in [-0.05, 0) is 19.9 Å². The zero-order valence-corrected chi connectivity index (χ0v) is 15.7. The Hall–Kier alpha value is -2.38. The summed E-state index contributed by atoms with van der Waals surface area (Å²) in [5.74, 6) is 1.06. The molecule has 1 aliphatic rings. The Morgan fingerprint density at radius 1 is 1.04 bits per heavy atom. The van der Waals surface area contributed by atoms with E-state index in [0.717, 1.165) is 16.5 Å². The molecule has 136 valence electrons. The van der Waals surface area contributed by atoms with Gasteiger partial charge in [-0.15, -0.1) is 0 Å². The van der Waals surface area contributed by atoms with Crippen LogP contribution in [-0.2, 0) is 10.0 Å². The van der Waals surface area contributed by atoms with Crippen LogP contribution in [0.4, 0.5) is 5.69 Å². The molecular weight excluding hydrogens is 350 g/mol. The molecule has 1 aliphatic heterocycles. The summed E-state index contributed by atoms with van der Waals surface area (Å²) in [7, 11) is -3.52. The summed E-state index contributed by atoms with van der Waals surface area (Å²) < 4.78 is 32.8. The van der Waals surface area contributed by atoms with Crippen molar-refractivity contribution in [3.8, 4) is 0 Å². The van der Waals surface area contributed by atoms with Crippen molar-refractivity contribution in [2.45, 2.75) is 18.7 Å². The molecule has 26 heavy (non-hydrogen) atoms. The number of aromatic nitrogens is 1. The highest BCUT2D eigenvalue weighted by Crippen LogP contribution is 2.28. The molecule has 3 heterocycles. The number of nitrogens with zero attached hydrogens (tertiary/aromatic N) is 3. The minimum absolute atomic E-state index is 0.273. The van der Waals surface area contributed by atoms with Gasteiger partial charge in [-0.1, -0.05) is 24.3 Å². The molecule has 7 heteroatoms. The summed E-state index contributed by atoms with van der Waals surface area (Å²) >= 11 is 0. The number of pyridine rings is 1.